The van der Waals surface area contributed by atoms with E-state index in [1.165, 1.54) is 31.4 Å². The van der Waals surface area contributed by atoms with Gasteiger partial charge in [-0.1, -0.05) is 0 Å². The van der Waals surface area contributed by atoms with Crippen molar-refractivity contribution < 1.29 is 19.0 Å². The van der Waals surface area contributed by atoms with Crippen molar-refractivity contribution in [1.82, 2.24) is 15.2 Å². The molecule has 4 aliphatic rings. The number of pyridine rings is 1. The first-order valence-electron chi connectivity index (χ1n) is 12.8. The molecule has 0 spiro atoms. The van der Waals surface area contributed by atoms with Gasteiger partial charge in [0.25, 0.3) is 0 Å². The average molecular weight is 459 g/mol. The largest absolute Gasteiger partial charge is 0.489 e. The lowest BCUT2D eigenvalue weighted by Crippen LogP contribution is -2.47. The first-order valence-corrected chi connectivity index (χ1v) is 12.8. The molecule has 1 amide bonds. The van der Waals surface area contributed by atoms with Gasteiger partial charge in [-0.3, -0.25) is 9.69 Å². The van der Waals surface area contributed by atoms with E-state index in [0.29, 0.717) is 32.3 Å². The van der Waals surface area contributed by atoms with Crippen molar-refractivity contribution >= 4 is 11.7 Å². The Morgan fingerprint density at radius 2 is 1.94 bits per heavy atom. The van der Waals surface area contributed by atoms with Crippen LogP contribution in [0.3, 0.4) is 0 Å². The van der Waals surface area contributed by atoms with Crippen molar-refractivity contribution in [2.75, 3.05) is 64.1 Å². The molecule has 8 nitrogen and oxygen atoms in total. The van der Waals surface area contributed by atoms with Gasteiger partial charge in [-0.05, 0) is 50.6 Å². The Morgan fingerprint density at radius 1 is 1.09 bits per heavy atom. The number of piperazine rings is 1. The molecule has 1 aliphatic carbocycles. The van der Waals surface area contributed by atoms with Crippen molar-refractivity contribution in [3.05, 3.63) is 17.8 Å². The minimum absolute atomic E-state index is 0.0818. The summed E-state index contributed by atoms with van der Waals surface area (Å²) in [6.45, 7) is 7.92. The normalized spacial score (nSPS) is 28.2. The van der Waals surface area contributed by atoms with E-state index in [1.54, 1.807) is 0 Å². The molecule has 3 aliphatic heterocycles. The first kappa shape index (κ1) is 22.9. The zero-order chi connectivity index (χ0) is 22.5. The van der Waals surface area contributed by atoms with E-state index < -0.39 is 0 Å². The number of ether oxygens (including phenoxy) is 3. The Labute approximate surface area is 196 Å². The van der Waals surface area contributed by atoms with Gasteiger partial charge in [0, 0.05) is 50.4 Å². The summed E-state index contributed by atoms with van der Waals surface area (Å²) in [6.07, 6.45) is 9.13. The van der Waals surface area contributed by atoms with Crippen LogP contribution in [0.4, 0.5) is 5.82 Å². The van der Waals surface area contributed by atoms with Gasteiger partial charge in [0.1, 0.15) is 0 Å². The van der Waals surface area contributed by atoms with Gasteiger partial charge in [0.2, 0.25) is 5.91 Å². The molecule has 0 aromatic carbocycles. The van der Waals surface area contributed by atoms with Crippen molar-refractivity contribution in [3.63, 3.8) is 0 Å². The molecule has 3 fully saturated rings. The van der Waals surface area contributed by atoms with E-state index in [1.807, 2.05) is 6.20 Å². The highest BCUT2D eigenvalue weighted by Crippen LogP contribution is 2.34. The monoisotopic (exact) mass is 458 g/mol. The smallest absolute Gasteiger partial charge is 0.222 e. The topological polar surface area (TPSA) is 76.2 Å². The summed E-state index contributed by atoms with van der Waals surface area (Å²) in [5.41, 5.74) is 1.30. The fourth-order valence-electron chi connectivity index (χ4n) is 5.61. The van der Waals surface area contributed by atoms with Crippen LogP contribution >= 0.6 is 0 Å². The maximum Gasteiger partial charge on any atom is 0.222 e. The lowest BCUT2D eigenvalue weighted by atomic mass is 9.84. The Kier molecular flexibility index (Phi) is 7.64. The first-order chi connectivity index (χ1) is 16.2. The molecule has 1 saturated carbocycles. The number of aromatic nitrogens is 1. The highest BCUT2D eigenvalue weighted by Gasteiger charge is 2.27. The molecule has 1 atom stereocenters. The molecular weight excluding hydrogens is 420 g/mol. The molecule has 182 valence electrons. The van der Waals surface area contributed by atoms with Crippen LogP contribution in [0.2, 0.25) is 0 Å². The zero-order valence-corrected chi connectivity index (χ0v) is 19.7. The van der Waals surface area contributed by atoms with Crippen LogP contribution in [0.5, 0.6) is 5.75 Å². The van der Waals surface area contributed by atoms with Gasteiger partial charge in [-0.2, -0.15) is 0 Å². The van der Waals surface area contributed by atoms with E-state index in [0.717, 1.165) is 69.5 Å². The maximum absolute atomic E-state index is 12.3. The summed E-state index contributed by atoms with van der Waals surface area (Å²) in [5.74, 6) is 2.93. The molecule has 5 rings (SSSR count). The number of anilines is 1. The third-order valence-corrected chi connectivity index (χ3v) is 7.62. The second kappa shape index (κ2) is 11.0. The van der Waals surface area contributed by atoms with Gasteiger partial charge in [0.15, 0.2) is 11.6 Å². The summed E-state index contributed by atoms with van der Waals surface area (Å²) in [7, 11) is 0. The quantitative estimate of drug-likeness (QED) is 0.670. The Balaban J connectivity index is 0.980. The third-order valence-electron chi connectivity index (χ3n) is 7.62. The van der Waals surface area contributed by atoms with Crippen LogP contribution in [0.25, 0.3) is 0 Å². The fourth-order valence-corrected chi connectivity index (χ4v) is 5.61. The number of rotatable bonds is 7. The predicted molar refractivity (Wildman–Crippen MR) is 126 cm³/mol. The number of fused-ring (bicyclic) bond motifs is 1. The maximum atomic E-state index is 12.3. The summed E-state index contributed by atoms with van der Waals surface area (Å²) >= 11 is 0. The van der Waals surface area contributed by atoms with Crippen molar-refractivity contribution in [3.8, 4) is 5.75 Å². The van der Waals surface area contributed by atoms with Crippen LogP contribution in [-0.2, 0) is 20.7 Å². The van der Waals surface area contributed by atoms with E-state index in [4.69, 9.17) is 14.2 Å². The van der Waals surface area contributed by atoms with Crippen molar-refractivity contribution in [2.24, 2.45) is 5.92 Å². The van der Waals surface area contributed by atoms with Gasteiger partial charge in [-0.15, -0.1) is 0 Å². The minimum Gasteiger partial charge on any atom is -0.489 e. The van der Waals surface area contributed by atoms with Crippen LogP contribution in [-0.4, -0.2) is 87.1 Å². The summed E-state index contributed by atoms with van der Waals surface area (Å²) < 4.78 is 16.8. The second-order valence-electron chi connectivity index (χ2n) is 9.90. The lowest BCUT2D eigenvalue weighted by molar-refractivity contribution is -0.132. The molecular formula is C25H38N4O4. The number of hydrogen-bond acceptors (Lipinski definition) is 7. The van der Waals surface area contributed by atoms with E-state index >= 15 is 0 Å². The fraction of sp³-hybridized carbons (Fsp3) is 0.760. The Bertz CT molecular complexity index is 785. The number of nitrogens with one attached hydrogen (secondary N) is 1. The van der Waals surface area contributed by atoms with Crippen LogP contribution in [0.15, 0.2) is 12.3 Å². The molecule has 0 radical (unpaired) electrons. The molecule has 8 heteroatoms. The minimum atomic E-state index is -0.0818. The molecule has 1 aromatic rings. The lowest BCUT2D eigenvalue weighted by Gasteiger charge is -2.37. The van der Waals surface area contributed by atoms with Crippen molar-refractivity contribution in [2.45, 2.75) is 57.1 Å². The van der Waals surface area contributed by atoms with Gasteiger partial charge in [-0.25, -0.2) is 4.98 Å². The SMILES string of the molecule is O=C(C[C@H]1COCCO1)N[C@H]1CC[C@H](CCN2CCN(c3nccc4c3OCC4)CC2)CC1. The zero-order valence-electron chi connectivity index (χ0n) is 19.7. The number of carbonyl (C=O) groups is 1. The Hall–Kier alpha value is -1.90. The highest BCUT2D eigenvalue weighted by molar-refractivity contribution is 5.76. The van der Waals surface area contributed by atoms with Crippen molar-refractivity contribution in [1.29, 1.82) is 0 Å². The molecule has 1 N–H and O–H groups in total. The number of amides is 1. The summed E-state index contributed by atoms with van der Waals surface area (Å²) in [5, 5.41) is 3.22. The van der Waals surface area contributed by atoms with Gasteiger partial charge in [0.05, 0.1) is 39.0 Å². The van der Waals surface area contributed by atoms with E-state index in [9.17, 15) is 4.79 Å². The predicted octanol–water partition coefficient (Wildman–Crippen LogP) is 2.01. The number of nitrogens with zero attached hydrogens (tertiary/aromatic N) is 3. The third kappa shape index (κ3) is 5.97. The molecule has 0 unspecified atom stereocenters. The molecule has 33 heavy (non-hydrogen) atoms. The van der Waals surface area contributed by atoms with Crippen LogP contribution in [0, 0.1) is 5.92 Å². The van der Waals surface area contributed by atoms with Crippen LogP contribution < -0.4 is 15.0 Å². The summed E-state index contributed by atoms with van der Waals surface area (Å²) in [4.78, 5) is 21.9. The van der Waals surface area contributed by atoms with E-state index in [2.05, 4.69) is 26.2 Å². The van der Waals surface area contributed by atoms with Crippen LogP contribution in [0.1, 0.15) is 44.1 Å². The number of carbonyl (C=O) groups excluding carboxylic acids is 1. The van der Waals surface area contributed by atoms with E-state index in [-0.39, 0.29) is 12.0 Å². The van der Waals surface area contributed by atoms with Gasteiger partial charge >= 0.3 is 0 Å². The Morgan fingerprint density at radius 3 is 2.73 bits per heavy atom. The molecule has 0 bridgehead atoms. The highest BCUT2D eigenvalue weighted by atomic mass is 16.6. The van der Waals surface area contributed by atoms with Gasteiger partial charge < -0.3 is 24.4 Å². The second-order valence-corrected chi connectivity index (χ2v) is 9.90. The molecule has 2 saturated heterocycles. The standard InChI is InChI=1S/C25H38N4O4/c30-23(17-22-18-31-15-16-32-22)27-21-3-1-19(2-4-21)6-9-28-10-12-29(13-11-28)25-24-20(5-8-26-25)7-14-33-24/h5,8,19,21-22H,1-4,6-7,9-18H2,(H,27,30)/t19-,21-,22-/m0/s1. The molecule has 1 aromatic heterocycles. The number of hydrogen-bond donors (Lipinski definition) is 1. The average Bonchev–Trinajstić information content (AvgIpc) is 3.34. The molecule has 4 heterocycles. The summed E-state index contributed by atoms with van der Waals surface area (Å²) in [6, 6.07) is 2.41.